The van der Waals surface area contributed by atoms with Gasteiger partial charge in [-0.1, -0.05) is 50.2 Å². The molecule has 0 saturated heterocycles. The molecule has 0 heterocycles. The van der Waals surface area contributed by atoms with Crippen LogP contribution in [0, 0.1) is 0 Å². The Morgan fingerprint density at radius 1 is 1.09 bits per heavy atom. The highest BCUT2D eigenvalue weighted by molar-refractivity contribution is 5.83. The normalized spacial score (nSPS) is 16.7. The number of aliphatic carboxylic acids is 1. The Balaban J connectivity index is 2.23. The molecule has 0 saturated carbocycles. The molecule has 0 aromatic heterocycles. The average Bonchev–Trinajstić information content (AvgIpc) is 2.58. The Bertz CT molecular complexity index is 703. The van der Waals surface area contributed by atoms with Crippen molar-refractivity contribution in [1.82, 2.24) is 0 Å². The summed E-state index contributed by atoms with van der Waals surface area (Å²) in [6, 6.07) is 13.1. The van der Waals surface area contributed by atoms with Crippen molar-refractivity contribution in [2.24, 2.45) is 0 Å². The van der Waals surface area contributed by atoms with Crippen LogP contribution in [0.1, 0.15) is 32.3 Å². The van der Waals surface area contributed by atoms with Crippen LogP contribution in [0.2, 0.25) is 0 Å². The van der Waals surface area contributed by atoms with Crippen molar-refractivity contribution in [2.75, 3.05) is 0 Å². The van der Waals surface area contributed by atoms with Crippen LogP contribution in [0.3, 0.4) is 0 Å². The Hall–Kier alpha value is -2.01. The van der Waals surface area contributed by atoms with Crippen LogP contribution in [0.25, 0.3) is 10.8 Å². The van der Waals surface area contributed by atoms with E-state index >= 15 is 0 Å². The van der Waals surface area contributed by atoms with Gasteiger partial charge in [-0.2, -0.15) is 0 Å². The summed E-state index contributed by atoms with van der Waals surface area (Å²) in [6.45, 7) is 2.46. The second kappa shape index (κ2) is 6.62. The van der Waals surface area contributed by atoms with Crippen LogP contribution in [0.5, 0.6) is 0 Å². The lowest BCUT2D eigenvalue weighted by molar-refractivity contribution is -0.243. The fourth-order valence-electron chi connectivity index (χ4n) is 2.60. The molecule has 2 rings (SSSR count). The molecule has 0 aliphatic rings. The highest BCUT2D eigenvalue weighted by atomic mass is 19.2. The molecule has 0 aliphatic carbocycles. The van der Waals surface area contributed by atoms with E-state index < -0.39 is 30.3 Å². The van der Waals surface area contributed by atoms with Gasteiger partial charge in [0.1, 0.15) is 0 Å². The standard InChI is InChI=1S/C18H20F2O3/c1-3-17(19,16(21)22)18(20,4-2)23-12-13-9-10-14-7-5-6-8-15(14)11-13/h5-11H,3-4,12H2,1-2H3,(H,21,22). The van der Waals surface area contributed by atoms with Crippen LogP contribution in [-0.2, 0) is 16.1 Å². The highest BCUT2D eigenvalue weighted by Gasteiger charge is 2.58. The lowest BCUT2D eigenvalue weighted by atomic mass is 9.91. The lowest BCUT2D eigenvalue weighted by Crippen LogP contribution is -2.54. The number of carbonyl (C=O) groups is 1. The van der Waals surface area contributed by atoms with Crippen molar-refractivity contribution in [3.63, 3.8) is 0 Å². The molecule has 124 valence electrons. The van der Waals surface area contributed by atoms with Gasteiger partial charge in [-0.3, -0.25) is 0 Å². The van der Waals surface area contributed by atoms with Crippen LogP contribution in [0.15, 0.2) is 42.5 Å². The summed E-state index contributed by atoms with van der Waals surface area (Å²) in [6.07, 6.45) is -0.901. The van der Waals surface area contributed by atoms with E-state index in [-0.39, 0.29) is 6.61 Å². The first-order valence-corrected chi connectivity index (χ1v) is 7.59. The molecule has 0 radical (unpaired) electrons. The van der Waals surface area contributed by atoms with E-state index in [1.807, 2.05) is 36.4 Å². The summed E-state index contributed by atoms with van der Waals surface area (Å²) in [5.74, 6) is -4.72. The zero-order valence-electron chi connectivity index (χ0n) is 13.2. The Kier molecular flexibility index (Phi) is 5.00. The number of fused-ring (bicyclic) bond motifs is 1. The maximum Gasteiger partial charge on any atom is 0.347 e. The topological polar surface area (TPSA) is 46.5 Å². The number of halogens is 2. The molecule has 2 aromatic rings. The monoisotopic (exact) mass is 322 g/mol. The quantitative estimate of drug-likeness (QED) is 0.808. The van der Waals surface area contributed by atoms with Crippen molar-refractivity contribution in [1.29, 1.82) is 0 Å². The molecule has 0 fully saturated rings. The number of alkyl halides is 2. The number of rotatable bonds is 7. The largest absolute Gasteiger partial charge is 0.479 e. The van der Waals surface area contributed by atoms with E-state index in [2.05, 4.69) is 0 Å². The van der Waals surface area contributed by atoms with Crippen LogP contribution >= 0.6 is 0 Å². The predicted molar refractivity (Wildman–Crippen MR) is 84.6 cm³/mol. The molecule has 3 nitrogen and oxygen atoms in total. The molecule has 2 unspecified atom stereocenters. The molecule has 0 spiro atoms. The van der Waals surface area contributed by atoms with Gasteiger partial charge in [-0.15, -0.1) is 0 Å². The Morgan fingerprint density at radius 2 is 1.74 bits per heavy atom. The van der Waals surface area contributed by atoms with Gasteiger partial charge >= 0.3 is 5.97 Å². The third-order valence-corrected chi connectivity index (χ3v) is 4.15. The van der Waals surface area contributed by atoms with E-state index in [4.69, 9.17) is 9.84 Å². The fourth-order valence-corrected chi connectivity index (χ4v) is 2.60. The molecule has 1 N–H and O–H groups in total. The average molecular weight is 322 g/mol. The fraction of sp³-hybridized carbons (Fsp3) is 0.389. The Labute approximate surface area is 133 Å². The first kappa shape index (κ1) is 17.3. The molecule has 2 atom stereocenters. The number of hydrogen-bond acceptors (Lipinski definition) is 2. The smallest absolute Gasteiger partial charge is 0.347 e. The predicted octanol–water partition coefficient (Wildman–Crippen LogP) is 4.64. The second-order valence-electron chi connectivity index (χ2n) is 5.51. The maximum absolute atomic E-state index is 14.8. The van der Waals surface area contributed by atoms with Gasteiger partial charge in [0.25, 0.3) is 11.5 Å². The summed E-state index contributed by atoms with van der Waals surface area (Å²) in [5, 5.41) is 11.0. The molecule has 2 aromatic carbocycles. The van der Waals surface area contributed by atoms with Gasteiger partial charge in [-0.25, -0.2) is 13.6 Å². The van der Waals surface area contributed by atoms with E-state index in [0.29, 0.717) is 5.56 Å². The zero-order chi connectivity index (χ0) is 17.1. The van der Waals surface area contributed by atoms with E-state index in [1.54, 1.807) is 6.07 Å². The molecular weight excluding hydrogens is 302 g/mol. The van der Waals surface area contributed by atoms with Gasteiger partial charge in [0.2, 0.25) is 0 Å². The Morgan fingerprint density at radius 3 is 2.30 bits per heavy atom. The summed E-state index contributed by atoms with van der Waals surface area (Å²) in [4.78, 5) is 11.1. The zero-order valence-corrected chi connectivity index (χ0v) is 13.2. The second-order valence-corrected chi connectivity index (χ2v) is 5.51. The molecular formula is C18H20F2O3. The summed E-state index contributed by atoms with van der Waals surface area (Å²) >= 11 is 0. The van der Waals surface area contributed by atoms with E-state index in [1.165, 1.54) is 13.8 Å². The molecule has 5 heteroatoms. The minimum Gasteiger partial charge on any atom is -0.479 e. The first-order chi connectivity index (χ1) is 10.9. The van der Waals surface area contributed by atoms with Crippen molar-refractivity contribution < 1.29 is 23.4 Å². The van der Waals surface area contributed by atoms with Gasteiger partial charge in [0.15, 0.2) is 0 Å². The number of carboxylic acid groups (broad SMARTS) is 1. The van der Waals surface area contributed by atoms with Crippen molar-refractivity contribution in [3.05, 3.63) is 48.0 Å². The van der Waals surface area contributed by atoms with Gasteiger partial charge in [0.05, 0.1) is 6.61 Å². The minimum atomic E-state index is -3.07. The van der Waals surface area contributed by atoms with Crippen LogP contribution < -0.4 is 0 Å². The van der Waals surface area contributed by atoms with Crippen LogP contribution in [0.4, 0.5) is 8.78 Å². The van der Waals surface area contributed by atoms with Gasteiger partial charge in [0, 0.05) is 6.42 Å². The van der Waals surface area contributed by atoms with E-state index in [0.717, 1.165) is 10.8 Å². The van der Waals surface area contributed by atoms with Gasteiger partial charge in [-0.05, 0) is 28.8 Å². The van der Waals surface area contributed by atoms with Gasteiger partial charge < -0.3 is 9.84 Å². The van der Waals surface area contributed by atoms with E-state index in [9.17, 15) is 13.6 Å². The first-order valence-electron chi connectivity index (χ1n) is 7.59. The summed E-state index contributed by atoms with van der Waals surface area (Å²) in [5.41, 5.74) is -2.42. The third kappa shape index (κ3) is 3.20. The highest BCUT2D eigenvalue weighted by Crippen LogP contribution is 2.39. The molecule has 0 amide bonds. The van der Waals surface area contributed by atoms with Crippen molar-refractivity contribution in [3.8, 4) is 0 Å². The SMILES string of the molecule is CCC(F)(OCc1ccc2ccccc2c1)C(F)(CC)C(=O)O. The molecule has 0 bridgehead atoms. The summed E-state index contributed by atoms with van der Waals surface area (Å²) < 4.78 is 34.5. The number of hydrogen-bond donors (Lipinski definition) is 1. The minimum absolute atomic E-state index is 0.200. The van der Waals surface area contributed by atoms with Crippen molar-refractivity contribution in [2.45, 2.75) is 44.8 Å². The number of ether oxygens (including phenoxy) is 1. The third-order valence-electron chi connectivity index (χ3n) is 4.15. The molecule has 23 heavy (non-hydrogen) atoms. The molecule has 0 aliphatic heterocycles. The summed E-state index contributed by atoms with van der Waals surface area (Å²) in [7, 11) is 0. The number of carboxylic acids is 1. The van der Waals surface area contributed by atoms with Crippen molar-refractivity contribution >= 4 is 16.7 Å². The lowest BCUT2D eigenvalue weighted by Gasteiger charge is -2.34. The van der Waals surface area contributed by atoms with Crippen LogP contribution in [-0.4, -0.2) is 22.6 Å². The maximum atomic E-state index is 14.8. The number of benzene rings is 2.